The number of halogens is 3. The molecule has 1 aliphatic carbocycles. The van der Waals surface area contributed by atoms with Crippen LogP contribution in [-0.4, -0.2) is 50.5 Å². The van der Waals surface area contributed by atoms with Gasteiger partial charge in [0.2, 0.25) is 11.8 Å². The van der Waals surface area contributed by atoms with E-state index in [-0.39, 0.29) is 23.7 Å². The van der Waals surface area contributed by atoms with Crippen molar-refractivity contribution in [3.05, 3.63) is 106 Å². The molecule has 6 heterocycles. The minimum Gasteiger partial charge on any atom is -0.496 e. The second-order valence-electron chi connectivity index (χ2n) is 13.2. The average molecular weight is 709 g/mol. The van der Waals surface area contributed by atoms with Crippen LogP contribution in [0.3, 0.4) is 0 Å². The number of carbonyl (C=O) groups is 1. The van der Waals surface area contributed by atoms with Gasteiger partial charge in [-0.05, 0) is 72.5 Å². The maximum absolute atomic E-state index is 15.6. The zero-order valence-corrected chi connectivity index (χ0v) is 28.5. The van der Waals surface area contributed by atoms with Crippen molar-refractivity contribution in [1.82, 2.24) is 25.1 Å². The Balaban J connectivity index is 1.21. The topological polar surface area (TPSA) is 106 Å². The monoisotopic (exact) mass is 708 g/mol. The van der Waals surface area contributed by atoms with Crippen molar-refractivity contribution < 1.29 is 27.1 Å². The molecular formula is C38H31F3N6O3S. The maximum atomic E-state index is 15.6. The summed E-state index contributed by atoms with van der Waals surface area (Å²) in [5, 5.41) is 12.4. The van der Waals surface area contributed by atoms with Gasteiger partial charge in [-0.15, -0.1) is 21.5 Å². The van der Waals surface area contributed by atoms with Crippen LogP contribution in [0.15, 0.2) is 65.2 Å². The summed E-state index contributed by atoms with van der Waals surface area (Å²) in [7, 11) is 1.48. The van der Waals surface area contributed by atoms with E-state index in [4.69, 9.17) is 14.1 Å². The van der Waals surface area contributed by atoms with Crippen LogP contribution in [0.4, 0.5) is 19.0 Å². The zero-order chi connectivity index (χ0) is 35.0. The lowest BCUT2D eigenvalue weighted by Crippen LogP contribution is -2.28. The highest BCUT2D eigenvalue weighted by Crippen LogP contribution is 2.52. The quantitative estimate of drug-likeness (QED) is 0.168. The summed E-state index contributed by atoms with van der Waals surface area (Å²) in [4.78, 5) is 26.5. The lowest BCUT2D eigenvalue weighted by Gasteiger charge is -2.22. The second kappa shape index (κ2) is 11.9. The number of thiophene rings is 1. The predicted molar refractivity (Wildman–Crippen MR) is 186 cm³/mol. The highest BCUT2D eigenvalue weighted by Gasteiger charge is 2.49. The molecule has 2 aliphatic heterocycles. The summed E-state index contributed by atoms with van der Waals surface area (Å²) in [5.74, 6) is -2.18. The summed E-state index contributed by atoms with van der Waals surface area (Å²) in [5.41, 5.74) is 4.95. The lowest BCUT2D eigenvalue weighted by atomic mass is 9.93. The fourth-order valence-electron chi connectivity index (χ4n) is 7.83. The van der Waals surface area contributed by atoms with E-state index in [2.05, 4.69) is 20.5 Å². The van der Waals surface area contributed by atoms with Gasteiger partial charge in [0.1, 0.15) is 23.4 Å². The van der Waals surface area contributed by atoms with Crippen LogP contribution in [0.2, 0.25) is 0 Å². The summed E-state index contributed by atoms with van der Waals surface area (Å²) in [6, 6.07) is 13.8. The van der Waals surface area contributed by atoms with Crippen molar-refractivity contribution in [3.63, 3.8) is 0 Å². The Hall–Kier alpha value is -5.30. The van der Waals surface area contributed by atoms with Gasteiger partial charge in [0, 0.05) is 42.1 Å². The second-order valence-corrected chi connectivity index (χ2v) is 14.3. The van der Waals surface area contributed by atoms with E-state index in [9.17, 15) is 9.18 Å². The molecule has 6 aromatic rings. The Morgan fingerprint density at radius 3 is 2.71 bits per heavy atom. The molecule has 3 aliphatic rings. The van der Waals surface area contributed by atoms with E-state index in [0.717, 1.165) is 28.7 Å². The first-order valence-electron chi connectivity index (χ1n) is 16.8. The van der Waals surface area contributed by atoms with Crippen LogP contribution >= 0.6 is 11.3 Å². The van der Waals surface area contributed by atoms with Crippen LogP contribution in [0, 0.1) is 12.7 Å². The number of benzene rings is 2. The van der Waals surface area contributed by atoms with Crippen LogP contribution in [0.1, 0.15) is 69.3 Å². The Morgan fingerprint density at radius 2 is 1.92 bits per heavy atom. The van der Waals surface area contributed by atoms with E-state index in [0.29, 0.717) is 80.7 Å². The number of nitrogens with zero attached hydrogens (tertiary/aromatic N) is 5. The number of methoxy groups -OCH3 is 1. The molecule has 2 aromatic carbocycles. The van der Waals surface area contributed by atoms with Crippen molar-refractivity contribution in [2.45, 2.75) is 57.0 Å². The maximum Gasteiger partial charge on any atom is 0.276 e. The number of anilines is 1. The van der Waals surface area contributed by atoms with Gasteiger partial charge in [-0.1, -0.05) is 24.3 Å². The number of pyridine rings is 2. The molecule has 0 spiro atoms. The number of aryl methyl sites for hydroxylation is 3. The Labute approximate surface area is 294 Å². The Kier molecular flexibility index (Phi) is 7.39. The molecule has 51 heavy (non-hydrogen) atoms. The molecule has 1 N–H and O–H groups in total. The number of alkyl halides is 2. The number of amides is 1. The predicted octanol–water partition coefficient (Wildman–Crippen LogP) is 8.28. The third-order valence-corrected chi connectivity index (χ3v) is 11.3. The molecule has 0 radical (unpaired) electrons. The molecule has 0 saturated carbocycles. The van der Waals surface area contributed by atoms with Gasteiger partial charge in [-0.3, -0.25) is 9.78 Å². The van der Waals surface area contributed by atoms with Gasteiger partial charge in [-0.2, -0.15) is 0 Å². The highest BCUT2D eigenvalue weighted by atomic mass is 32.1. The lowest BCUT2D eigenvalue weighted by molar-refractivity contribution is -0.00734. The first-order chi connectivity index (χ1) is 24.7. The van der Waals surface area contributed by atoms with Crippen molar-refractivity contribution in [1.29, 1.82) is 0 Å². The number of fused-ring (bicyclic) bond motifs is 5. The first-order valence-corrected chi connectivity index (χ1v) is 17.6. The van der Waals surface area contributed by atoms with E-state index < -0.39 is 18.4 Å². The fourth-order valence-corrected chi connectivity index (χ4v) is 8.99. The van der Waals surface area contributed by atoms with E-state index in [1.54, 1.807) is 43.5 Å². The molecule has 0 unspecified atom stereocenters. The molecule has 258 valence electrons. The molecule has 9 rings (SSSR count). The molecule has 9 nitrogen and oxygen atoms in total. The smallest absolute Gasteiger partial charge is 0.276 e. The third-order valence-electron chi connectivity index (χ3n) is 10.1. The normalized spacial score (nSPS) is 18.7. The number of hydrogen-bond acceptors (Lipinski definition) is 9. The van der Waals surface area contributed by atoms with Crippen molar-refractivity contribution in [2.75, 3.05) is 19.0 Å². The number of rotatable bonds is 8. The number of nitrogens with one attached hydrogen (secondary N) is 1. The summed E-state index contributed by atoms with van der Waals surface area (Å²) in [6.45, 7) is 2.33. The molecule has 4 aromatic heterocycles. The minimum atomic E-state index is -3.09. The summed E-state index contributed by atoms with van der Waals surface area (Å²) >= 11 is 1.36. The van der Waals surface area contributed by atoms with Crippen LogP contribution in [0.25, 0.3) is 32.0 Å². The Morgan fingerprint density at radius 1 is 1.08 bits per heavy atom. The number of hydrogen-bond donors (Lipinski definition) is 1. The summed E-state index contributed by atoms with van der Waals surface area (Å²) < 4.78 is 57.1. The fraction of sp³-hybridized carbons (Fsp3) is 0.289. The summed E-state index contributed by atoms with van der Waals surface area (Å²) in [6.07, 6.45) is 3.84. The number of carbonyl (C=O) groups excluding carboxylic acids is 1. The molecule has 1 fully saturated rings. The van der Waals surface area contributed by atoms with Crippen LogP contribution in [0.5, 0.6) is 5.75 Å². The van der Waals surface area contributed by atoms with Gasteiger partial charge >= 0.3 is 0 Å². The van der Waals surface area contributed by atoms with E-state index in [1.807, 2.05) is 17.0 Å². The molecule has 1 saturated heterocycles. The van der Waals surface area contributed by atoms with Gasteiger partial charge in [0.05, 0.1) is 40.4 Å². The largest absolute Gasteiger partial charge is 0.496 e. The van der Waals surface area contributed by atoms with Crippen molar-refractivity contribution >= 4 is 33.1 Å². The molecule has 1 amide bonds. The third kappa shape index (κ3) is 5.16. The van der Waals surface area contributed by atoms with Crippen LogP contribution < -0.4 is 10.1 Å². The standard InChI is InChI=1S/C38H31F3N6O3S/c1-19-45-46-36(50-19)29-25(13-10-20-8-11-22(39)12-9-20)43-32-26-6-4-16-47(26)37(48)31(32)30(29)28-17-21-14-15-42-35(33(21)51-28)44-34-23-5-3-7-27(49-2)24(23)18-38(34,40)41/h3,5,7-9,11-12,14-15,17,26,34H,4,6,10,13,16,18H2,1-2H3,(H,42,44)/t26-,34-/m0/s1. The minimum absolute atomic E-state index is 0.109. The van der Waals surface area contributed by atoms with Crippen molar-refractivity contribution in [3.8, 4) is 27.6 Å². The van der Waals surface area contributed by atoms with Gasteiger partial charge in [-0.25, -0.2) is 18.2 Å². The molecule has 13 heteroatoms. The number of ether oxygens (including phenoxy) is 1. The highest BCUT2D eigenvalue weighted by molar-refractivity contribution is 7.23. The first kappa shape index (κ1) is 31.7. The zero-order valence-electron chi connectivity index (χ0n) is 27.7. The molecular weight excluding hydrogens is 678 g/mol. The number of aromatic nitrogens is 4. The van der Waals surface area contributed by atoms with Gasteiger partial charge in [0.25, 0.3) is 11.8 Å². The molecule has 2 atom stereocenters. The van der Waals surface area contributed by atoms with Crippen molar-refractivity contribution in [2.24, 2.45) is 0 Å². The van der Waals surface area contributed by atoms with E-state index >= 15 is 8.78 Å². The van der Waals surface area contributed by atoms with Gasteiger partial charge < -0.3 is 19.4 Å². The average Bonchev–Trinajstić information content (AvgIpc) is 3.95. The van der Waals surface area contributed by atoms with E-state index in [1.165, 1.54) is 30.6 Å². The molecule has 0 bridgehead atoms. The van der Waals surface area contributed by atoms with Gasteiger partial charge in [0.15, 0.2) is 0 Å². The Bertz CT molecular complexity index is 2360. The SMILES string of the molecule is COc1cccc2c1CC(F)(F)[C@H]2Nc1nccc2cc(-c3c4c(nc(CCc5ccc(F)cc5)c3-c3nnc(C)o3)[C@@H]3CCCN3C4=O)sc12. The van der Waals surface area contributed by atoms with Crippen LogP contribution in [-0.2, 0) is 19.3 Å².